The molecule has 0 aliphatic heterocycles. The average molecular weight is 428 g/mol. The van der Waals surface area contributed by atoms with Crippen molar-refractivity contribution in [1.29, 1.82) is 0 Å². The summed E-state index contributed by atoms with van der Waals surface area (Å²) >= 11 is 1.15. The third-order valence-electron chi connectivity index (χ3n) is 3.90. The van der Waals surface area contributed by atoms with Crippen LogP contribution in [0.2, 0.25) is 0 Å². The van der Waals surface area contributed by atoms with Crippen molar-refractivity contribution >= 4 is 35.3 Å². The minimum Gasteiger partial charge on any atom is -0.465 e. The van der Waals surface area contributed by atoms with Crippen LogP contribution >= 0.6 is 11.8 Å². The Hall–Kier alpha value is -3.06. The maximum Gasteiger partial charge on any atom is 0.324 e. The fourth-order valence-corrected chi connectivity index (χ4v) is 3.34. The molecule has 0 aromatic heterocycles. The molecule has 0 saturated carbocycles. The molecule has 0 aliphatic carbocycles. The average Bonchev–Trinajstić information content (AvgIpc) is 2.73. The number of benzene rings is 2. The number of esters is 2. The first kappa shape index (κ1) is 23.2. The number of anilines is 1. The lowest BCUT2D eigenvalue weighted by molar-refractivity contribution is -0.158. The molecular weight excluding hydrogens is 402 g/mol. The van der Waals surface area contributed by atoms with E-state index in [2.05, 4.69) is 5.32 Å². The van der Waals surface area contributed by atoms with E-state index in [9.17, 15) is 14.4 Å². The normalized spacial score (nSPS) is 11.1. The SMILES string of the molecule is CCOC(=O)C(/C=C(\Sc1ccccc1)C(=O)Nc1ccc(C)cc1)C(=O)OCC. The summed E-state index contributed by atoms with van der Waals surface area (Å²) in [5, 5.41) is 2.80. The van der Waals surface area contributed by atoms with Gasteiger partial charge in [0.15, 0.2) is 5.92 Å². The molecule has 2 aromatic rings. The van der Waals surface area contributed by atoms with E-state index in [1.807, 2.05) is 49.4 Å². The predicted octanol–water partition coefficient (Wildman–Crippen LogP) is 4.35. The van der Waals surface area contributed by atoms with Gasteiger partial charge in [-0.1, -0.05) is 47.7 Å². The van der Waals surface area contributed by atoms with Crippen molar-refractivity contribution < 1.29 is 23.9 Å². The Morgan fingerprint density at radius 2 is 1.50 bits per heavy atom. The van der Waals surface area contributed by atoms with Crippen LogP contribution in [-0.2, 0) is 23.9 Å². The molecule has 0 fully saturated rings. The summed E-state index contributed by atoms with van der Waals surface area (Å²) in [5.41, 5.74) is 1.67. The molecule has 30 heavy (non-hydrogen) atoms. The van der Waals surface area contributed by atoms with Crippen LogP contribution in [0.15, 0.2) is 70.5 Å². The highest BCUT2D eigenvalue weighted by Gasteiger charge is 2.29. The Morgan fingerprint density at radius 1 is 0.933 bits per heavy atom. The van der Waals surface area contributed by atoms with Gasteiger partial charge in [0.2, 0.25) is 0 Å². The Bertz CT molecular complexity index is 876. The molecule has 1 N–H and O–H groups in total. The van der Waals surface area contributed by atoms with Gasteiger partial charge in [-0.2, -0.15) is 0 Å². The minimum atomic E-state index is -1.33. The number of thioether (sulfide) groups is 1. The molecule has 2 aromatic carbocycles. The van der Waals surface area contributed by atoms with Crippen LogP contribution in [0.25, 0.3) is 0 Å². The van der Waals surface area contributed by atoms with Crippen LogP contribution in [0.5, 0.6) is 0 Å². The molecule has 158 valence electrons. The lowest BCUT2D eigenvalue weighted by atomic mass is 10.1. The molecule has 6 nitrogen and oxygen atoms in total. The first-order chi connectivity index (χ1) is 14.4. The summed E-state index contributed by atoms with van der Waals surface area (Å²) in [6.07, 6.45) is 1.30. The Morgan fingerprint density at radius 3 is 2.03 bits per heavy atom. The van der Waals surface area contributed by atoms with Gasteiger partial charge in [-0.05, 0) is 51.1 Å². The number of hydrogen-bond acceptors (Lipinski definition) is 6. The van der Waals surface area contributed by atoms with Gasteiger partial charge in [0.25, 0.3) is 5.91 Å². The quantitative estimate of drug-likeness (QED) is 0.277. The number of carbonyl (C=O) groups is 3. The molecular formula is C23H25NO5S. The zero-order valence-electron chi connectivity index (χ0n) is 17.2. The molecule has 7 heteroatoms. The number of carbonyl (C=O) groups excluding carboxylic acids is 3. The summed E-state index contributed by atoms with van der Waals surface area (Å²) in [4.78, 5) is 38.7. The van der Waals surface area contributed by atoms with Crippen molar-refractivity contribution in [2.45, 2.75) is 25.7 Å². The van der Waals surface area contributed by atoms with Crippen LogP contribution in [0.4, 0.5) is 5.69 Å². The zero-order chi connectivity index (χ0) is 21.9. The van der Waals surface area contributed by atoms with Crippen molar-refractivity contribution in [3.05, 3.63) is 71.1 Å². The molecule has 0 atom stereocenters. The van der Waals surface area contributed by atoms with Crippen LogP contribution < -0.4 is 5.32 Å². The lowest BCUT2D eigenvalue weighted by Gasteiger charge is -2.14. The van der Waals surface area contributed by atoms with Crippen LogP contribution in [0.3, 0.4) is 0 Å². The summed E-state index contributed by atoms with van der Waals surface area (Å²) in [5.74, 6) is -3.29. The smallest absolute Gasteiger partial charge is 0.324 e. The summed E-state index contributed by atoms with van der Waals surface area (Å²) in [7, 11) is 0. The van der Waals surface area contributed by atoms with Crippen molar-refractivity contribution in [1.82, 2.24) is 0 Å². The third-order valence-corrected chi connectivity index (χ3v) is 4.95. The molecule has 1 amide bonds. The highest BCUT2D eigenvalue weighted by atomic mass is 32.2. The van der Waals surface area contributed by atoms with Gasteiger partial charge in [-0.3, -0.25) is 14.4 Å². The van der Waals surface area contributed by atoms with Crippen LogP contribution in [0.1, 0.15) is 19.4 Å². The number of nitrogens with one attached hydrogen (secondary N) is 1. The molecule has 0 bridgehead atoms. The van der Waals surface area contributed by atoms with Gasteiger partial charge in [0, 0.05) is 10.6 Å². The lowest BCUT2D eigenvalue weighted by Crippen LogP contribution is -2.27. The van der Waals surface area contributed by atoms with E-state index in [0.29, 0.717) is 5.69 Å². The summed E-state index contributed by atoms with van der Waals surface area (Å²) in [6, 6.07) is 16.5. The minimum absolute atomic E-state index is 0.110. The standard InChI is InChI=1S/C23H25NO5S/c1-4-28-22(26)19(23(27)29-5-2)15-20(30-18-9-7-6-8-10-18)21(25)24-17-13-11-16(3)12-14-17/h6-15,19H,4-5H2,1-3H3,(H,24,25)/b20-15-. The van der Waals surface area contributed by atoms with E-state index in [0.717, 1.165) is 22.2 Å². The molecule has 2 rings (SSSR count). The van der Waals surface area contributed by atoms with Crippen molar-refractivity contribution in [3.8, 4) is 0 Å². The second-order valence-corrected chi connectivity index (χ2v) is 7.36. The number of hydrogen-bond donors (Lipinski definition) is 1. The fourth-order valence-electron chi connectivity index (χ4n) is 2.45. The number of aryl methyl sites for hydroxylation is 1. The maximum absolute atomic E-state index is 13.0. The number of amides is 1. The molecule has 0 radical (unpaired) electrons. The third kappa shape index (κ3) is 7.08. The van der Waals surface area contributed by atoms with Gasteiger partial charge in [0.1, 0.15) is 0 Å². The Kier molecular flexibility index (Phi) is 9.15. The van der Waals surface area contributed by atoms with Gasteiger partial charge >= 0.3 is 11.9 Å². The first-order valence-corrected chi connectivity index (χ1v) is 10.4. The van der Waals surface area contributed by atoms with Gasteiger partial charge in [-0.15, -0.1) is 0 Å². The van der Waals surface area contributed by atoms with Crippen LogP contribution in [-0.4, -0.2) is 31.1 Å². The van der Waals surface area contributed by atoms with E-state index in [-0.39, 0.29) is 18.1 Å². The topological polar surface area (TPSA) is 81.7 Å². The van der Waals surface area contributed by atoms with E-state index in [1.54, 1.807) is 26.0 Å². The van der Waals surface area contributed by atoms with E-state index in [1.165, 1.54) is 6.08 Å². The van der Waals surface area contributed by atoms with E-state index < -0.39 is 23.8 Å². The van der Waals surface area contributed by atoms with Crippen molar-refractivity contribution in [2.24, 2.45) is 5.92 Å². The highest BCUT2D eigenvalue weighted by molar-refractivity contribution is 8.04. The van der Waals surface area contributed by atoms with Gasteiger partial charge in [0.05, 0.1) is 18.1 Å². The van der Waals surface area contributed by atoms with Crippen LogP contribution in [0, 0.1) is 12.8 Å². The molecule has 0 spiro atoms. The molecule has 0 aliphatic rings. The summed E-state index contributed by atoms with van der Waals surface area (Å²) < 4.78 is 10.0. The maximum atomic E-state index is 13.0. The highest BCUT2D eigenvalue weighted by Crippen LogP contribution is 2.29. The van der Waals surface area contributed by atoms with Gasteiger partial charge in [-0.25, -0.2) is 0 Å². The van der Waals surface area contributed by atoms with Gasteiger partial charge < -0.3 is 14.8 Å². The van der Waals surface area contributed by atoms with Crippen molar-refractivity contribution in [2.75, 3.05) is 18.5 Å². The largest absolute Gasteiger partial charge is 0.465 e. The summed E-state index contributed by atoms with van der Waals surface area (Å²) in [6.45, 7) is 5.46. The predicted molar refractivity (Wildman–Crippen MR) is 117 cm³/mol. The fraction of sp³-hybridized carbons (Fsp3) is 0.261. The van der Waals surface area contributed by atoms with E-state index >= 15 is 0 Å². The first-order valence-electron chi connectivity index (χ1n) is 9.60. The Balaban J connectivity index is 2.37. The molecule has 0 saturated heterocycles. The number of rotatable bonds is 9. The molecule has 0 heterocycles. The molecule has 0 unspecified atom stereocenters. The van der Waals surface area contributed by atoms with E-state index in [4.69, 9.17) is 9.47 Å². The zero-order valence-corrected chi connectivity index (χ0v) is 18.0. The van der Waals surface area contributed by atoms with Crippen molar-refractivity contribution in [3.63, 3.8) is 0 Å². The monoisotopic (exact) mass is 427 g/mol. The second kappa shape index (κ2) is 11.8. The number of ether oxygens (including phenoxy) is 2. The second-order valence-electron chi connectivity index (χ2n) is 6.25. The Labute approximate surface area is 180 Å².